The number of carbonyl (C=O) groups is 1. The molecule has 1 aromatic rings. The molecule has 1 fully saturated rings. The lowest BCUT2D eigenvalue weighted by molar-refractivity contribution is -0.144. The Labute approximate surface area is 122 Å². The van der Waals surface area contributed by atoms with Gasteiger partial charge in [0.15, 0.2) is 0 Å². The Kier molecular flexibility index (Phi) is 4.31. The van der Waals surface area contributed by atoms with Crippen LogP contribution in [0.1, 0.15) is 32.3 Å². The van der Waals surface area contributed by atoms with Crippen LogP contribution in [0.2, 0.25) is 0 Å². The highest BCUT2D eigenvalue weighted by molar-refractivity contribution is 9.10. The van der Waals surface area contributed by atoms with Crippen LogP contribution in [0.4, 0.5) is 0 Å². The molecule has 1 aliphatic rings. The number of amides is 1. The minimum Gasteiger partial charge on any atom is -0.391 e. The molecule has 104 valence electrons. The van der Waals surface area contributed by atoms with Crippen molar-refractivity contribution < 1.29 is 9.90 Å². The van der Waals surface area contributed by atoms with E-state index in [-0.39, 0.29) is 5.91 Å². The molecule has 4 heteroatoms. The van der Waals surface area contributed by atoms with Crippen molar-refractivity contribution in [1.82, 2.24) is 4.90 Å². The van der Waals surface area contributed by atoms with Gasteiger partial charge in [-0.15, -0.1) is 0 Å². The molecule has 0 aliphatic carbocycles. The zero-order chi connectivity index (χ0) is 14.0. The van der Waals surface area contributed by atoms with E-state index in [1.54, 1.807) is 0 Å². The molecular weight excluding hydrogens is 306 g/mol. The van der Waals surface area contributed by atoms with Crippen molar-refractivity contribution >= 4 is 21.8 Å². The van der Waals surface area contributed by atoms with E-state index in [2.05, 4.69) is 15.9 Å². The number of hydrogen-bond acceptors (Lipinski definition) is 2. The van der Waals surface area contributed by atoms with Crippen molar-refractivity contribution in [3.05, 3.63) is 34.3 Å². The van der Waals surface area contributed by atoms with Gasteiger partial charge in [0.25, 0.3) is 0 Å². The van der Waals surface area contributed by atoms with Crippen LogP contribution in [0.25, 0.3) is 0 Å². The van der Waals surface area contributed by atoms with E-state index in [0.29, 0.717) is 6.42 Å². The van der Waals surface area contributed by atoms with Gasteiger partial charge in [0.1, 0.15) is 0 Å². The zero-order valence-corrected chi connectivity index (χ0v) is 13.0. The summed E-state index contributed by atoms with van der Waals surface area (Å²) in [4.78, 5) is 14.3. The molecular formula is C15H20BrNO2. The maximum Gasteiger partial charge on any atom is 0.227 e. The van der Waals surface area contributed by atoms with E-state index in [4.69, 9.17) is 0 Å². The maximum atomic E-state index is 12.4. The SMILES string of the molecule is CC1(C)C(O)CCCN1C(=O)Cc1cccc(Br)c1. The Bertz CT molecular complexity index is 473. The first kappa shape index (κ1) is 14.5. The number of piperidine rings is 1. The Balaban J connectivity index is 2.11. The second kappa shape index (κ2) is 5.63. The van der Waals surface area contributed by atoms with E-state index in [0.717, 1.165) is 29.4 Å². The topological polar surface area (TPSA) is 40.5 Å². The van der Waals surface area contributed by atoms with E-state index in [1.807, 2.05) is 43.0 Å². The molecule has 2 rings (SSSR count). The molecule has 1 atom stereocenters. The Morgan fingerprint density at radius 2 is 2.26 bits per heavy atom. The lowest BCUT2D eigenvalue weighted by Crippen LogP contribution is -2.58. The van der Waals surface area contributed by atoms with Crippen LogP contribution in [0, 0.1) is 0 Å². The van der Waals surface area contributed by atoms with E-state index in [1.165, 1.54) is 0 Å². The van der Waals surface area contributed by atoms with Crippen LogP contribution >= 0.6 is 15.9 Å². The van der Waals surface area contributed by atoms with Crippen molar-refractivity contribution in [2.24, 2.45) is 0 Å². The van der Waals surface area contributed by atoms with Crippen LogP contribution in [-0.2, 0) is 11.2 Å². The van der Waals surface area contributed by atoms with Gasteiger partial charge in [-0.2, -0.15) is 0 Å². The second-order valence-electron chi connectivity index (χ2n) is 5.66. The lowest BCUT2D eigenvalue weighted by Gasteiger charge is -2.46. The molecule has 1 N–H and O–H groups in total. The predicted molar refractivity (Wildman–Crippen MR) is 78.9 cm³/mol. The first-order valence-electron chi connectivity index (χ1n) is 6.64. The second-order valence-corrected chi connectivity index (χ2v) is 6.58. The summed E-state index contributed by atoms with van der Waals surface area (Å²) in [7, 11) is 0. The predicted octanol–water partition coefficient (Wildman–Crippen LogP) is 2.75. The van der Waals surface area contributed by atoms with Crippen molar-refractivity contribution in [2.45, 2.75) is 44.8 Å². The highest BCUT2D eigenvalue weighted by Gasteiger charge is 2.39. The summed E-state index contributed by atoms with van der Waals surface area (Å²) in [6.07, 6.45) is 1.59. The summed E-state index contributed by atoms with van der Waals surface area (Å²) in [6.45, 7) is 4.61. The maximum absolute atomic E-state index is 12.4. The van der Waals surface area contributed by atoms with Crippen molar-refractivity contribution in [3.8, 4) is 0 Å². The van der Waals surface area contributed by atoms with Gasteiger partial charge in [0.05, 0.1) is 18.1 Å². The van der Waals surface area contributed by atoms with Gasteiger partial charge in [-0.3, -0.25) is 4.79 Å². The fraction of sp³-hybridized carbons (Fsp3) is 0.533. The number of aliphatic hydroxyl groups excluding tert-OH is 1. The summed E-state index contributed by atoms with van der Waals surface area (Å²) in [5.74, 6) is 0.0850. The molecule has 1 aromatic carbocycles. The van der Waals surface area contributed by atoms with Crippen molar-refractivity contribution in [3.63, 3.8) is 0 Å². The summed E-state index contributed by atoms with van der Waals surface area (Å²) < 4.78 is 0.982. The fourth-order valence-electron chi connectivity index (χ4n) is 2.63. The Hall–Kier alpha value is -0.870. The summed E-state index contributed by atoms with van der Waals surface area (Å²) >= 11 is 3.42. The third-order valence-electron chi connectivity index (χ3n) is 3.92. The Morgan fingerprint density at radius 3 is 2.95 bits per heavy atom. The molecule has 0 saturated carbocycles. The smallest absolute Gasteiger partial charge is 0.227 e. The van der Waals surface area contributed by atoms with E-state index < -0.39 is 11.6 Å². The molecule has 1 amide bonds. The quantitative estimate of drug-likeness (QED) is 0.908. The van der Waals surface area contributed by atoms with Gasteiger partial charge in [0.2, 0.25) is 5.91 Å². The lowest BCUT2D eigenvalue weighted by atomic mass is 9.87. The van der Waals surface area contributed by atoms with E-state index in [9.17, 15) is 9.90 Å². The monoisotopic (exact) mass is 325 g/mol. The molecule has 0 bridgehead atoms. The highest BCUT2D eigenvalue weighted by Crippen LogP contribution is 2.28. The number of hydrogen-bond donors (Lipinski definition) is 1. The standard InChI is InChI=1S/C15H20BrNO2/c1-15(2)13(18)7-4-8-17(15)14(19)10-11-5-3-6-12(16)9-11/h3,5-6,9,13,18H,4,7-8,10H2,1-2H3. The van der Waals surface area contributed by atoms with Gasteiger partial charge in [-0.05, 0) is 44.4 Å². The molecule has 1 heterocycles. The van der Waals surface area contributed by atoms with Gasteiger partial charge in [-0.25, -0.2) is 0 Å². The van der Waals surface area contributed by atoms with E-state index >= 15 is 0 Å². The number of benzene rings is 1. The largest absolute Gasteiger partial charge is 0.391 e. The summed E-state index contributed by atoms with van der Waals surface area (Å²) in [5, 5.41) is 10.1. The highest BCUT2D eigenvalue weighted by atomic mass is 79.9. The van der Waals surface area contributed by atoms with Crippen molar-refractivity contribution in [1.29, 1.82) is 0 Å². The molecule has 0 spiro atoms. The first-order chi connectivity index (χ1) is 8.91. The third-order valence-corrected chi connectivity index (χ3v) is 4.41. The van der Waals surface area contributed by atoms with Crippen molar-refractivity contribution in [2.75, 3.05) is 6.54 Å². The third kappa shape index (κ3) is 3.18. The fourth-order valence-corrected chi connectivity index (χ4v) is 3.07. The molecule has 3 nitrogen and oxygen atoms in total. The van der Waals surface area contributed by atoms with Gasteiger partial charge < -0.3 is 10.0 Å². The number of likely N-dealkylation sites (tertiary alicyclic amines) is 1. The van der Waals surface area contributed by atoms with Crippen LogP contribution in [0.15, 0.2) is 28.7 Å². The van der Waals surface area contributed by atoms with Gasteiger partial charge in [0, 0.05) is 11.0 Å². The number of carbonyl (C=O) groups excluding carboxylic acids is 1. The van der Waals surface area contributed by atoms with Gasteiger partial charge in [-0.1, -0.05) is 28.1 Å². The number of halogens is 1. The number of rotatable bonds is 2. The number of aliphatic hydroxyl groups is 1. The Morgan fingerprint density at radius 1 is 1.53 bits per heavy atom. The van der Waals surface area contributed by atoms with Crippen LogP contribution in [0.5, 0.6) is 0 Å². The molecule has 0 radical (unpaired) electrons. The van der Waals surface area contributed by atoms with Gasteiger partial charge >= 0.3 is 0 Å². The molecule has 19 heavy (non-hydrogen) atoms. The molecule has 1 saturated heterocycles. The van der Waals surface area contributed by atoms with Crippen LogP contribution in [-0.4, -0.2) is 34.1 Å². The molecule has 1 aliphatic heterocycles. The normalized spacial score (nSPS) is 22.3. The zero-order valence-electron chi connectivity index (χ0n) is 11.4. The van der Waals surface area contributed by atoms with Crippen LogP contribution < -0.4 is 0 Å². The number of nitrogens with zero attached hydrogens (tertiary/aromatic N) is 1. The first-order valence-corrected chi connectivity index (χ1v) is 7.43. The minimum absolute atomic E-state index is 0.0850. The molecule has 0 aromatic heterocycles. The summed E-state index contributed by atoms with van der Waals surface area (Å²) in [6, 6.07) is 7.80. The average Bonchev–Trinajstić information content (AvgIpc) is 2.32. The average molecular weight is 326 g/mol. The molecule has 1 unspecified atom stereocenters. The minimum atomic E-state index is -0.471. The summed E-state index contributed by atoms with van der Waals surface area (Å²) in [5.41, 5.74) is 0.525. The van der Waals surface area contributed by atoms with Crippen LogP contribution in [0.3, 0.4) is 0 Å².